The smallest absolute Gasteiger partial charge is 0.300 e. The van der Waals surface area contributed by atoms with E-state index in [-0.39, 0.29) is 5.41 Å². The molecule has 0 aromatic rings. The summed E-state index contributed by atoms with van der Waals surface area (Å²) >= 11 is 0. The van der Waals surface area contributed by atoms with Gasteiger partial charge in [-0.1, -0.05) is 20.8 Å². The Bertz CT molecular complexity index is 153. The van der Waals surface area contributed by atoms with Crippen LogP contribution >= 0.6 is 0 Å². The molecule has 0 amide bonds. The molecule has 0 aromatic carbocycles. The quantitative estimate of drug-likeness (QED) is 0.472. The predicted octanol–water partition coefficient (Wildman–Crippen LogP) is 2.07. The molecule has 0 saturated carbocycles. The van der Waals surface area contributed by atoms with Crippen LogP contribution in [0.2, 0.25) is 0 Å². The lowest BCUT2D eigenvalue weighted by Crippen LogP contribution is -2.38. The van der Waals surface area contributed by atoms with Gasteiger partial charge in [0.2, 0.25) is 0 Å². The van der Waals surface area contributed by atoms with Crippen molar-refractivity contribution in [3.8, 4) is 0 Å². The van der Waals surface area contributed by atoms with Crippen LogP contribution in [0.15, 0.2) is 0 Å². The van der Waals surface area contributed by atoms with E-state index in [1.54, 1.807) is 13.8 Å². The van der Waals surface area contributed by atoms with Crippen molar-refractivity contribution in [2.75, 3.05) is 0 Å². The molecule has 1 N–H and O–H groups in total. The number of rotatable bonds is 1. The third-order valence-corrected chi connectivity index (χ3v) is 2.47. The van der Waals surface area contributed by atoms with Crippen molar-refractivity contribution in [1.82, 2.24) is 0 Å². The second-order valence-electron chi connectivity index (χ2n) is 4.25. The first-order valence-electron chi connectivity index (χ1n) is 3.59. The molecule has 0 unspecified atom stereocenters. The van der Waals surface area contributed by atoms with Crippen LogP contribution in [0, 0.1) is 10.8 Å². The average Bonchev–Trinajstić information content (AvgIpc) is 1.83. The minimum atomic E-state index is -0.665. The van der Waals surface area contributed by atoms with Crippen molar-refractivity contribution >= 4 is 5.97 Å². The number of carbonyl (C=O) groups excluding carboxylic acids is 1. The van der Waals surface area contributed by atoms with Crippen LogP contribution < -0.4 is 0 Å². The molecule has 0 rings (SSSR count). The molecule has 0 aliphatic carbocycles. The highest BCUT2D eigenvalue weighted by Crippen LogP contribution is 2.38. The molecule has 0 spiro atoms. The molecule has 0 aromatic heterocycles. The van der Waals surface area contributed by atoms with Crippen LogP contribution in [-0.4, -0.2) is 11.2 Å². The molecule has 11 heavy (non-hydrogen) atoms. The van der Waals surface area contributed by atoms with Gasteiger partial charge in [-0.25, -0.2) is 4.79 Å². The summed E-state index contributed by atoms with van der Waals surface area (Å²) in [5, 5.41) is 8.18. The van der Waals surface area contributed by atoms with Crippen LogP contribution in [0.1, 0.15) is 34.6 Å². The van der Waals surface area contributed by atoms with E-state index in [0.717, 1.165) is 0 Å². The molecule has 3 nitrogen and oxygen atoms in total. The molecule has 3 heteroatoms. The second-order valence-corrected chi connectivity index (χ2v) is 4.25. The maximum absolute atomic E-state index is 11.0. The van der Waals surface area contributed by atoms with E-state index >= 15 is 0 Å². The summed E-state index contributed by atoms with van der Waals surface area (Å²) in [6.45, 7) is 9.24. The first kappa shape index (κ1) is 10.4. The summed E-state index contributed by atoms with van der Waals surface area (Å²) in [7, 11) is 0. The van der Waals surface area contributed by atoms with Crippen molar-refractivity contribution in [3.63, 3.8) is 0 Å². The topological polar surface area (TPSA) is 46.5 Å². The molecule has 0 saturated heterocycles. The largest absolute Gasteiger partial charge is 0.348 e. The fourth-order valence-corrected chi connectivity index (χ4v) is 0.420. The highest BCUT2D eigenvalue weighted by atomic mass is 17.1. The zero-order valence-electron chi connectivity index (χ0n) is 7.76. The minimum Gasteiger partial charge on any atom is -0.300 e. The number of hydrogen-bond donors (Lipinski definition) is 1. The summed E-state index contributed by atoms with van der Waals surface area (Å²) in [5.41, 5.74) is -0.880. The van der Waals surface area contributed by atoms with Gasteiger partial charge < -0.3 is 4.89 Å². The Labute approximate surface area is 67.3 Å². The fourth-order valence-electron chi connectivity index (χ4n) is 0.420. The molecule has 0 radical (unpaired) electrons. The highest BCUT2D eigenvalue weighted by molar-refractivity contribution is 5.76. The SMILES string of the molecule is CC(C)(C)C(C)(C)C(=O)OO. The summed E-state index contributed by atoms with van der Waals surface area (Å²) in [4.78, 5) is 14.7. The Kier molecular flexibility index (Phi) is 2.67. The van der Waals surface area contributed by atoms with E-state index in [4.69, 9.17) is 5.26 Å². The number of carbonyl (C=O) groups is 1. The Morgan fingerprint density at radius 1 is 1.18 bits per heavy atom. The van der Waals surface area contributed by atoms with Crippen LogP contribution in [-0.2, 0) is 9.68 Å². The van der Waals surface area contributed by atoms with E-state index < -0.39 is 11.4 Å². The van der Waals surface area contributed by atoms with E-state index in [0.29, 0.717) is 0 Å². The summed E-state index contributed by atoms with van der Waals surface area (Å²) in [6.07, 6.45) is 0. The highest BCUT2D eigenvalue weighted by Gasteiger charge is 2.41. The minimum absolute atomic E-state index is 0.215. The summed E-state index contributed by atoms with van der Waals surface area (Å²) < 4.78 is 0. The fraction of sp³-hybridized carbons (Fsp3) is 0.875. The van der Waals surface area contributed by atoms with Crippen molar-refractivity contribution in [2.24, 2.45) is 10.8 Å². The number of hydrogen-bond acceptors (Lipinski definition) is 3. The predicted molar refractivity (Wildman–Crippen MR) is 42.0 cm³/mol. The van der Waals surface area contributed by atoms with E-state index in [1.165, 1.54) is 0 Å². The maximum Gasteiger partial charge on any atom is 0.348 e. The lowest BCUT2D eigenvalue weighted by Gasteiger charge is -2.34. The summed E-state index contributed by atoms with van der Waals surface area (Å²) in [6, 6.07) is 0. The zero-order chi connectivity index (χ0) is 9.28. The molecule has 0 aliphatic heterocycles. The molecule has 0 atom stereocenters. The van der Waals surface area contributed by atoms with Gasteiger partial charge in [0, 0.05) is 0 Å². The van der Waals surface area contributed by atoms with Crippen molar-refractivity contribution in [2.45, 2.75) is 34.6 Å². The van der Waals surface area contributed by atoms with Crippen molar-refractivity contribution in [3.05, 3.63) is 0 Å². The van der Waals surface area contributed by atoms with Crippen molar-refractivity contribution < 1.29 is 14.9 Å². The average molecular weight is 160 g/mol. The van der Waals surface area contributed by atoms with Gasteiger partial charge in [0.15, 0.2) is 0 Å². The maximum atomic E-state index is 11.0. The van der Waals surface area contributed by atoms with Crippen molar-refractivity contribution in [1.29, 1.82) is 0 Å². The van der Waals surface area contributed by atoms with Crippen LogP contribution in [0.4, 0.5) is 0 Å². The molecule has 0 bridgehead atoms. The zero-order valence-corrected chi connectivity index (χ0v) is 7.76. The molecule has 0 fully saturated rings. The molecular formula is C8H16O3. The Morgan fingerprint density at radius 3 is 1.64 bits per heavy atom. The van der Waals surface area contributed by atoms with Gasteiger partial charge in [-0.15, -0.1) is 0 Å². The van der Waals surface area contributed by atoms with E-state index in [9.17, 15) is 4.79 Å². The Hall–Kier alpha value is -0.570. The van der Waals surface area contributed by atoms with Crippen LogP contribution in [0.5, 0.6) is 0 Å². The van der Waals surface area contributed by atoms with Gasteiger partial charge in [-0.3, -0.25) is 0 Å². The molecule has 0 aliphatic rings. The molecular weight excluding hydrogens is 144 g/mol. The molecule has 66 valence electrons. The standard InChI is InChI=1S/C8H16O3/c1-7(2,3)8(4,5)6(9)11-10/h10H,1-5H3. The third-order valence-electron chi connectivity index (χ3n) is 2.47. The first-order chi connectivity index (χ1) is 4.73. The summed E-state index contributed by atoms with van der Waals surface area (Å²) in [5.74, 6) is -0.593. The van der Waals surface area contributed by atoms with Gasteiger partial charge >= 0.3 is 5.97 Å². The van der Waals surface area contributed by atoms with E-state index in [2.05, 4.69) is 4.89 Å². The third kappa shape index (κ3) is 1.93. The van der Waals surface area contributed by atoms with Gasteiger partial charge in [0.25, 0.3) is 0 Å². The second kappa shape index (κ2) is 2.81. The van der Waals surface area contributed by atoms with Gasteiger partial charge in [-0.05, 0) is 19.3 Å². The van der Waals surface area contributed by atoms with Gasteiger partial charge in [0.05, 0.1) is 5.41 Å². The van der Waals surface area contributed by atoms with Crippen LogP contribution in [0.25, 0.3) is 0 Å². The lowest BCUT2D eigenvalue weighted by molar-refractivity contribution is -0.248. The monoisotopic (exact) mass is 160 g/mol. The Morgan fingerprint density at radius 2 is 1.55 bits per heavy atom. The van der Waals surface area contributed by atoms with Crippen LogP contribution in [0.3, 0.4) is 0 Å². The van der Waals surface area contributed by atoms with Gasteiger partial charge in [0.1, 0.15) is 0 Å². The Balaban J connectivity index is 4.59. The lowest BCUT2D eigenvalue weighted by atomic mass is 9.69. The first-order valence-corrected chi connectivity index (χ1v) is 3.59. The normalized spacial score (nSPS) is 12.9. The molecule has 0 heterocycles. The van der Waals surface area contributed by atoms with Gasteiger partial charge in [-0.2, -0.15) is 5.26 Å². The van der Waals surface area contributed by atoms with E-state index in [1.807, 2.05) is 20.8 Å².